The van der Waals surface area contributed by atoms with Gasteiger partial charge >= 0.3 is 0 Å². The Bertz CT molecular complexity index is 563. The third kappa shape index (κ3) is 2.00. The zero-order chi connectivity index (χ0) is 12.4. The lowest BCUT2D eigenvalue weighted by Crippen LogP contribution is -2.15. The van der Waals surface area contributed by atoms with Gasteiger partial charge in [0.2, 0.25) is 0 Å². The first-order valence-electron chi connectivity index (χ1n) is 5.85. The minimum atomic E-state index is -0.157. The van der Waals surface area contributed by atoms with Crippen LogP contribution in [0.5, 0.6) is 0 Å². The van der Waals surface area contributed by atoms with Crippen LogP contribution in [0.2, 0.25) is 0 Å². The number of H-pyrrole nitrogens is 1. The molecular weight excluding hydrogens is 230 g/mol. The molecule has 0 unspecified atom stereocenters. The third-order valence-corrected chi connectivity index (χ3v) is 2.96. The van der Waals surface area contributed by atoms with E-state index in [4.69, 9.17) is 4.74 Å². The number of carbonyl (C=O) groups excluding carboxylic acids is 1. The summed E-state index contributed by atoms with van der Waals surface area (Å²) < 4.78 is 5.37. The van der Waals surface area contributed by atoms with E-state index in [-0.39, 0.29) is 5.91 Å². The number of anilines is 1. The maximum atomic E-state index is 12.0. The monoisotopic (exact) mass is 243 g/mol. The van der Waals surface area contributed by atoms with Gasteiger partial charge in [0.1, 0.15) is 0 Å². The fraction of sp³-hybridized carbons (Fsp3) is 0.231. The molecule has 5 nitrogen and oxygen atoms in total. The van der Waals surface area contributed by atoms with Gasteiger partial charge in [0.25, 0.3) is 5.91 Å². The number of aromatic amines is 1. The number of nitrogens with zero attached hydrogens (tertiary/aromatic N) is 1. The van der Waals surface area contributed by atoms with Crippen LogP contribution in [0, 0.1) is 0 Å². The van der Waals surface area contributed by atoms with Crippen LogP contribution in [0.15, 0.2) is 30.3 Å². The van der Waals surface area contributed by atoms with Crippen LogP contribution in [0.25, 0.3) is 0 Å². The molecule has 2 N–H and O–H groups in total. The van der Waals surface area contributed by atoms with Gasteiger partial charge in [-0.2, -0.15) is 5.10 Å². The van der Waals surface area contributed by atoms with Crippen LogP contribution in [-0.4, -0.2) is 22.7 Å². The molecule has 0 fully saturated rings. The Balaban J connectivity index is 1.81. The average molecular weight is 243 g/mol. The molecule has 0 saturated heterocycles. The summed E-state index contributed by atoms with van der Waals surface area (Å²) in [6, 6.07) is 9.08. The van der Waals surface area contributed by atoms with Crippen molar-refractivity contribution in [2.24, 2.45) is 0 Å². The van der Waals surface area contributed by atoms with E-state index in [0.29, 0.717) is 24.6 Å². The summed E-state index contributed by atoms with van der Waals surface area (Å²) >= 11 is 0. The molecule has 18 heavy (non-hydrogen) atoms. The zero-order valence-electron chi connectivity index (χ0n) is 9.77. The van der Waals surface area contributed by atoms with Crippen LogP contribution in [0.3, 0.4) is 0 Å². The molecule has 1 aliphatic heterocycles. The zero-order valence-corrected chi connectivity index (χ0v) is 9.77. The van der Waals surface area contributed by atoms with Crippen LogP contribution < -0.4 is 5.32 Å². The lowest BCUT2D eigenvalue weighted by atomic mass is 10.1. The number of ether oxygens (including phenoxy) is 1. The lowest BCUT2D eigenvalue weighted by molar-refractivity contribution is 0.102. The summed E-state index contributed by atoms with van der Waals surface area (Å²) in [6.07, 6.45) is 0.809. The summed E-state index contributed by atoms with van der Waals surface area (Å²) in [5.41, 5.74) is 2.61. The predicted molar refractivity (Wildman–Crippen MR) is 66.3 cm³/mol. The highest BCUT2D eigenvalue weighted by Crippen LogP contribution is 2.22. The molecule has 0 bridgehead atoms. The van der Waals surface area contributed by atoms with Crippen LogP contribution in [0.1, 0.15) is 21.6 Å². The van der Waals surface area contributed by atoms with Gasteiger partial charge < -0.3 is 10.1 Å². The molecule has 1 aromatic carbocycles. The minimum absolute atomic E-state index is 0.157. The topological polar surface area (TPSA) is 67.0 Å². The van der Waals surface area contributed by atoms with E-state index in [2.05, 4.69) is 15.5 Å². The Kier molecular flexibility index (Phi) is 2.82. The van der Waals surface area contributed by atoms with Crippen molar-refractivity contribution in [3.05, 3.63) is 47.2 Å². The number of benzene rings is 1. The second kappa shape index (κ2) is 4.62. The molecule has 1 amide bonds. The SMILES string of the molecule is O=C(Nc1n[nH]c2c1COCC2)c1ccccc1. The van der Waals surface area contributed by atoms with Crippen molar-refractivity contribution < 1.29 is 9.53 Å². The average Bonchev–Trinajstić information content (AvgIpc) is 2.83. The van der Waals surface area contributed by atoms with Crippen molar-refractivity contribution >= 4 is 11.7 Å². The van der Waals surface area contributed by atoms with E-state index < -0.39 is 0 Å². The van der Waals surface area contributed by atoms with Gasteiger partial charge in [-0.15, -0.1) is 0 Å². The lowest BCUT2D eigenvalue weighted by Gasteiger charge is -2.12. The van der Waals surface area contributed by atoms with Gasteiger partial charge in [-0.05, 0) is 12.1 Å². The van der Waals surface area contributed by atoms with Gasteiger partial charge in [0.05, 0.1) is 13.2 Å². The van der Waals surface area contributed by atoms with Crippen LogP contribution >= 0.6 is 0 Å². The Morgan fingerprint density at radius 1 is 1.33 bits per heavy atom. The first-order chi connectivity index (χ1) is 8.84. The van der Waals surface area contributed by atoms with E-state index in [1.165, 1.54) is 0 Å². The molecule has 0 saturated carbocycles. The van der Waals surface area contributed by atoms with Crippen LogP contribution in [0.4, 0.5) is 5.82 Å². The van der Waals surface area contributed by atoms with Gasteiger partial charge in [-0.1, -0.05) is 18.2 Å². The molecule has 0 spiro atoms. The van der Waals surface area contributed by atoms with Gasteiger partial charge in [0, 0.05) is 23.2 Å². The Morgan fingerprint density at radius 2 is 2.17 bits per heavy atom. The molecule has 1 aliphatic rings. The standard InChI is InChI=1S/C13H13N3O2/c17-13(9-4-2-1-3-5-9)14-12-10-8-18-7-6-11(10)15-16-12/h1-5H,6-8H2,(H2,14,15,16,17). The Morgan fingerprint density at radius 3 is 3.00 bits per heavy atom. The highest BCUT2D eigenvalue weighted by Gasteiger charge is 2.19. The number of rotatable bonds is 2. The highest BCUT2D eigenvalue weighted by atomic mass is 16.5. The highest BCUT2D eigenvalue weighted by molar-refractivity contribution is 6.04. The number of hydrogen-bond acceptors (Lipinski definition) is 3. The Hall–Kier alpha value is -2.14. The minimum Gasteiger partial charge on any atom is -0.376 e. The fourth-order valence-electron chi connectivity index (χ4n) is 1.98. The van der Waals surface area contributed by atoms with Crippen molar-refractivity contribution in [2.75, 3.05) is 11.9 Å². The largest absolute Gasteiger partial charge is 0.376 e. The van der Waals surface area contributed by atoms with Gasteiger partial charge in [-0.3, -0.25) is 9.89 Å². The summed E-state index contributed by atoms with van der Waals surface area (Å²) in [7, 11) is 0. The van der Waals surface area contributed by atoms with Crippen LogP contribution in [-0.2, 0) is 17.8 Å². The summed E-state index contributed by atoms with van der Waals surface area (Å²) in [4.78, 5) is 12.0. The first-order valence-corrected chi connectivity index (χ1v) is 5.85. The van der Waals surface area contributed by atoms with Crippen molar-refractivity contribution in [1.82, 2.24) is 10.2 Å². The van der Waals surface area contributed by atoms with Crippen molar-refractivity contribution in [3.63, 3.8) is 0 Å². The maximum absolute atomic E-state index is 12.0. The molecule has 1 aromatic heterocycles. The molecule has 5 heteroatoms. The van der Waals surface area contributed by atoms with Crippen molar-refractivity contribution in [1.29, 1.82) is 0 Å². The second-order valence-corrected chi connectivity index (χ2v) is 4.15. The number of aromatic nitrogens is 2. The fourth-order valence-corrected chi connectivity index (χ4v) is 1.98. The first kappa shape index (κ1) is 11.0. The number of nitrogens with one attached hydrogen (secondary N) is 2. The summed E-state index contributed by atoms with van der Waals surface area (Å²) in [5.74, 6) is 0.411. The summed E-state index contributed by atoms with van der Waals surface area (Å²) in [6.45, 7) is 1.19. The molecule has 0 radical (unpaired) electrons. The molecule has 0 atom stereocenters. The van der Waals surface area contributed by atoms with Crippen molar-refractivity contribution in [3.8, 4) is 0 Å². The summed E-state index contributed by atoms with van der Waals surface area (Å²) in [5, 5.41) is 9.87. The quantitative estimate of drug-likeness (QED) is 0.844. The van der Waals surface area contributed by atoms with E-state index in [1.807, 2.05) is 18.2 Å². The molecule has 0 aliphatic carbocycles. The molecule has 2 heterocycles. The molecule has 3 rings (SSSR count). The van der Waals surface area contributed by atoms with E-state index in [0.717, 1.165) is 17.7 Å². The number of amides is 1. The van der Waals surface area contributed by atoms with Crippen molar-refractivity contribution in [2.45, 2.75) is 13.0 Å². The van der Waals surface area contributed by atoms with E-state index in [1.54, 1.807) is 12.1 Å². The molecular formula is C13H13N3O2. The number of carbonyl (C=O) groups is 1. The second-order valence-electron chi connectivity index (χ2n) is 4.15. The third-order valence-electron chi connectivity index (χ3n) is 2.96. The maximum Gasteiger partial charge on any atom is 0.256 e. The Labute approximate surface area is 104 Å². The number of hydrogen-bond donors (Lipinski definition) is 2. The molecule has 2 aromatic rings. The smallest absolute Gasteiger partial charge is 0.256 e. The number of fused-ring (bicyclic) bond motifs is 1. The van der Waals surface area contributed by atoms with Gasteiger partial charge in [-0.25, -0.2) is 0 Å². The van der Waals surface area contributed by atoms with E-state index in [9.17, 15) is 4.79 Å². The van der Waals surface area contributed by atoms with E-state index >= 15 is 0 Å². The predicted octanol–water partition coefficient (Wildman–Crippen LogP) is 1.73. The molecule has 92 valence electrons. The van der Waals surface area contributed by atoms with Gasteiger partial charge in [0.15, 0.2) is 5.82 Å². The normalized spacial score (nSPS) is 14.0.